The molecule has 0 bridgehead atoms. The highest BCUT2D eigenvalue weighted by molar-refractivity contribution is 5.61. The standard InChI is InChI=1S/C23H26N4O3/c1-23(2,3)20-15-21-24-25-22(27(21)26-20)16-8-7-9-17(14-16)29-12-13-30-19-11-6-5-10-18(19)28-4/h5-11,14-15,26H,12-13H2,1-4H3. The van der Waals surface area contributed by atoms with Gasteiger partial charge in [0, 0.05) is 22.7 Å². The second-order valence-corrected chi connectivity index (χ2v) is 8.01. The van der Waals surface area contributed by atoms with Crippen LogP contribution < -0.4 is 14.2 Å². The zero-order valence-corrected chi connectivity index (χ0v) is 17.7. The first kappa shape index (κ1) is 19.8. The maximum atomic E-state index is 5.88. The van der Waals surface area contributed by atoms with E-state index in [-0.39, 0.29) is 5.41 Å². The molecule has 1 N–H and O–H groups in total. The summed E-state index contributed by atoms with van der Waals surface area (Å²) >= 11 is 0. The molecule has 0 aliphatic rings. The summed E-state index contributed by atoms with van der Waals surface area (Å²) in [5.41, 5.74) is 2.83. The number of nitrogens with one attached hydrogen (secondary N) is 1. The Bertz CT molecular complexity index is 1140. The molecule has 2 aromatic heterocycles. The van der Waals surface area contributed by atoms with Crippen molar-refractivity contribution in [1.29, 1.82) is 0 Å². The minimum atomic E-state index is 0.00433. The molecule has 0 saturated carbocycles. The van der Waals surface area contributed by atoms with Crippen LogP contribution in [-0.4, -0.2) is 40.1 Å². The van der Waals surface area contributed by atoms with Crippen molar-refractivity contribution in [2.75, 3.05) is 20.3 Å². The molecule has 0 saturated heterocycles. The third kappa shape index (κ3) is 4.10. The Morgan fingerprint density at radius 3 is 2.43 bits per heavy atom. The quantitative estimate of drug-likeness (QED) is 0.458. The molecule has 4 rings (SSSR count). The van der Waals surface area contributed by atoms with Gasteiger partial charge >= 0.3 is 0 Å². The first-order valence-electron chi connectivity index (χ1n) is 9.89. The van der Waals surface area contributed by atoms with E-state index >= 15 is 0 Å². The Labute approximate surface area is 175 Å². The molecule has 0 unspecified atom stereocenters. The lowest BCUT2D eigenvalue weighted by atomic mass is 9.93. The molecule has 0 spiro atoms. The molecule has 0 aliphatic heterocycles. The molecule has 156 valence electrons. The van der Waals surface area contributed by atoms with Crippen molar-refractivity contribution >= 4 is 5.65 Å². The average molecular weight is 406 g/mol. The highest BCUT2D eigenvalue weighted by Crippen LogP contribution is 2.27. The van der Waals surface area contributed by atoms with E-state index in [9.17, 15) is 0 Å². The molecule has 4 aromatic rings. The molecule has 0 amide bonds. The fourth-order valence-electron chi connectivity index (χ4n) is 3.13. The van der Waals surface area contributed by atoms with E-state index in [4.69, 9.17) is 14.2 Å². The summed E-state index contributed by atoms with van der Waals surface area (Å²) in [4.78, 5) is 0. The largest absolute Gasteiger partial charge is 0.493 e. The average Bonchev–Trinajstić information content (AvgIpc) is 3.33. The van der Waals surface area contributed by atoms with Crippen LogP contribution in [0.2, 0.25) is 0 Å². The zero-order valence-electron chi connectivity index (χ0n) is 17.7. The Morgan fingerprint density at radius 1 is 0.900 bits per heavy atom. The van der Waals surface area contributed by atoms with Crippen molar-refractivity contribution < 1.29 is 14.2 Å². The lowest BCUT2D eigenvalue weighted by molar-refractivity contribution is 0.211. The maximum absolute atomic E-state index is 5.88. The van der Waals surface area contributed by atoms with Crippen LogP contribution in [0.5, 0.6) is 17.2 Å². The maximum Gasteiger partial charge on any atom is 0.183 e. The van der Waals surface area contributed by atoms with Gasteiger partial charge < -0.3 is 14.2 Å². The lowest BCUT2D eigenvalue weighted by Crippen LogP contribution is -2.12. The van der Waals surface area contributed by atoms with Gasteiger partial charge in [-0.1, -0.05) is 45.0 Å². The van der Waals surface area contributed by atoms with E-state index in [1.54, 1.807) is 7.11 Å². The molecule has 0 atom stereocenters. The summed E-state index contributed by atoms with van der Waals surface area (Å²) in [5, 5.41) is 12.0. The first-order valence-corrected chi connectivity index (χ1v) is 9.89. The van der Waals surface area contributed by atoms with E-state index in [1.807, 2.05) is 59.1 Å². The summed E-state index contributed by atoms with van der Waals surface area (Å²) in [6, 6.07) is 17.4. The van der Waals surface area contributed by atoms with Gasteiger partial charge in [-0.3, -0.25) is 5.10 Å². The Morgan fingerprint density at radius 2 is 1.67 bits per heavy atom. The zero-order chi connectivity index (χ0) is 21.1. The summed E-state index contributed by atoms with van der Waals surface area (Å²) in [6.45, 7) is 7.30. The Kier molecular flexibility index (Phi) is 5.35. The summed E-state index contributed by atoms with van der Waals surface area (Å²) in [5.74, 6) is 2.90. The number of methoxy groups -OCH3 is 1. The van der Waals surface area contributed by atoms with Crippen LogP contribution in [0.15, 0.2) is 54.6 Å². The molecule has 2 heterocycles. The van der Waals surface area contributed by atoms with E-state index in [0.717, 1.165) is 28.5 Å². The SMILES string of the molecule is COc1ccccc1OCCOc1cccc(-c2nnc3cc(C(C)(C)C)[nH]n23)c1. The number of rotatable bonds is 7. The predicted octanol–water partition coefficient (Wildman–Crippen LogP) is 4.49. The van der Waals surface area contributed by atoms with Gasteiger partial charge in [0.2, 0.25) is 0 Å². The van der Waals surface area contributed by atoms with Gasteiger partial charge in [-0.15, -0.1) is 10.2 Å². The van der Waals surface area contributed by atoms with Crippen LogP contribution in [0.1, 0.15) is 26.5 Å². The van der Waals surface area contributed by atoms with Crippen LogP contribution in [0.3, 0.4) is 0 Å². The predicted molar refractivity (Wildman–Crippen MR) is 115 cm³/mol. The normalized spacial score (nSPS) is 11.6. The van der Waals surface area contributed by atoms with Gasteiger partial charge in [0.1, 0.15) is 19.0 Å². The van der Waals surface area contributed by atoms with Gasteiger partial charge in [0.15, 0.2) is 23.0 Å². The van der Waals surface area contributed by atoms with Crippen molar-refractivity contribution in [2.24, 2.45) is 0 Å². The van der Waals surface area contributed by atoms with Crippen LogP contribution in [0.4, 0.5) is 0 Å². The Hall–Kier alpha value is -3.48. The molecule has 30 heavy (non-hydrogen) atoms. The summed E-state index contributed by atoms with van der Waals surface area (Å²) in [6.07, 6.45) is 0. The van der Waals surface area contributed by atoms with Crippen molar-refractivity contribution in [3.05, 3.63) is 60.3 Å². The number of fused-ring (bicyclic) bond motifs is 1. The fourth-order valence-corrected chi connectivity index (χ4v) is 3.13. The second-order valence-electron chi connectivity index (χ2n) is 8.01. The molecule has 7 nitrogen and oxygen atoms in total. The number of hydrogen-bond acceptors (Lipinski definition) is 5. The number of aromatic nitrogens is 4. The van der Waals surface area contributed by atoms with E-state index < -0.39 is 0 Å². The first-order chi connectivity index (χ1) is 14.5. The fraction of sp³-hybridized carbons (Fsp3) is 0.304. The van der Waals surface area contributed by atoms with E-state index in [0.29, 0.717) is 24.7 Å². The molecule has 0 fully saturated rings. The number of nitrogens with zero attached hydrogens (tertiary/aromatic N) is 3. The van der Waals surface area contributed by atoms with Gasteiger partial charge in [-0.25, -0.2) is 4.52 Å². The highest BCUT2D eigenvalue weighted by atomic mass is 16.5. The third-order valence-corrected chi connectivity index (χ3v) is 4.77. The minimum absolute atomic E-state index is 0.00433. The highest BCUT2D eigenvalue weighted by Gasteiger charge is 2.19. The van der Waals surface area contributed by atoms with Gasteiger partial charge in [-0.05, 0) is 24.3 Å². The van der Waals surface area contributed by atoms with Crippen molar-refractivity contribution in [2.45, 2.75) is 26.2 Å². The number of hydrogen-bond donors (Lipinski definition) is 1. The molecular weight excluding hydrogens is 380 g/mol. The summed E-state index contributed by atoms with van der Waals surface area (Å²) < 4.78 is 18.8. The van der Waals surface area contributed by atoms with Crippen molar-refractivity contribution in [1.82, 2.24) is 19.8 Å². The Balaban J connectivity index is 1.44. The van der Waals surface area contributed by atoms with Crippen LogP contribution in [0, 0.1) is 0 Å². The number of H-pyrrole nitrogens is 1. The van der Waals surface area contributed by atoms with Crippen LogP contribution in [-0.2, 0) is 5.41 Å². The van der Waals surface area contributed by atoms with Crippen molar-refractivity contribution in [3.63, 3.8) is 0 Å². The van der Waals surface area contributed by atoms with Crippen LogP contribution in [0.25, 0.3) is 17.0 Å². The number of benzene rings is 2. The minimum Gasteiger partial charge on any atom is -0.493 e. The third-order valence-electron chi connectivity index (χ3n) is 4.77. The van der Waals surface area contributed by atoms with E-state index in [1.165, 1.54) is 0 Å². The van der Waals surface area contributed by atoms with Gasteiger partial charge in [0.25, 0.3) is 0 Å². The number of ether oxygens (including phenoxy) is 3. The molecule has 7 heteroatoms. The molecular formula is C23H26N4O3. The number of aromatic amines is 1. The van der Waals surface area contributed by atoms with Crippen molar-refractivity contribution in [3.8, 4) is 28.6 Å². The molecule has 2 aromatic carbocycles. The lowest BCUT2D eigenvalue weighted by Gasteiger charge is -2.15. The topological polar surface area (TPSA) is 73.7 Å². The van der Waals surface area contributed by atoms with Crippen LogP contribution >= 0.6 is 0 Å². The second kappa shape index (κ2) is 8.10. The van der Waals surface area contributed by atoms with E-state index in [2.05, 4.69) is 36.1 Å². The van der Waals surface area contributed by atoms with Gasteiger partial charge in [-0.2, -0.15) is 0 Å². The summed E-state index contributed by atoms with van der Waals surface area (Å²) in [7, 11) is 1.63. The molecule has 0 radical (unpaired) electrons. The molecule has 0 aliphatic carbocycles. The smallest absolute Gasteiger partial charge is 0.183 e. The van der Waals surface area contributed by atoms with Gasteiger partial charge in [0.05, 0.1) is 7.11 Å². The monoisotopic (exact) mass is 406 g/mol. The number of para-hydroxylation sites is 2.